The summed E-state index contributed by atoms with van der Waals surface area (Å²) in [5.41, 5.74) is 0. The van der Waals surface area contributed by atoms with Crippen molar-refractivity contribution in [3.05, 3.63) is 42.4 Å². The maximum Gasteiger partial charge on any atom is 0.315 e. The predicted molar refractivity (Wildman–Crippen MR) is 86.5 cm³/mol. The second kappa shape index (κ2) is 7.63. The van der Waals surface area contributed by atoms with E-state index in [1.54, 1.807) is 24.5 Å². The van der Waals surface area contributed by atoms with E-state index in [0.29, 0.717) is 36.8 Å². The van der Waals surface area contributed by atoms with Gasteiger partial charge in [-0.1, -0.05) is 0 Å². The number of amides is 2. The van der Waals surface area contributed by atoms with Gasteiger partial charge in [-0.2, -0.15) is 0 Å². The van der Waals surface area contributed by atoms with E-state index in [0.717, 1.165) is 5.76 Å². The maximum atomic E-state index is 11.8. The zero-order valence-corrected chi connectivity index (χ0v) is 13.4. The van der Waals surface area contributed by atoms with Crippen LogP contribution in [0.5, 0.6) is 17.2 Å². The van der Waals surface area contributed by atoms with E-state index in [1.165, 1.54) is 0 Å². The van der Waals surface area contributed by atoms with Gasteiger partial charge in [-0.05, 0) is 31.2 Å². The molecule has 2 N–H and O–H groups in total. The average molecular weight is 332 g/mol. The Hall–Kier alpha value is -2.83. The molecular formula is C17H20N2O5. The number of hydrogen-bond donors (Lipinski definition) is 2. The molecule has 0 unspecified atom stereocenters. The van der Waals surface area contributed by atoms with Crippen LogP contribution in [-0.2, 0) is 6.42 Å². The minimum atomic E-state index is -0.233. The summed E-state index contributed by atoms with van der Waals surface area (Å²) in [6, 6.07) is 8.83. The molecule has 1 aromatic carbocycles. The lowest BCUT2D eigenvalue weighted by Crippen LogP contribution is -2.42. The van der Waals surface area contributed by atoms with E-state index >= 15 is 0 Å². The van der Waals surface area contributed by atoms with Gasteiger partial charge in [-0.25, -0.2) is 4.79 Å². The Morgan fingerprint density at radius 3 is 3.00 bits per heavy atom. The number of nitrogens with one attached hydrogen (secondary N) is 2. The van der Waals surface area contributed by atoms with Gasteiger partial charge < -0.3 is 29.3 Å². The summed E-state index contributed by atoms with van der Waals surface area (Å²) in [6.45, 7) is 2.91. The van der Waals surface area contributed by atoms with Gasteiger partial charge in [0.15, 0.2) is 11.5 Å². The lowest BCUT2D eigenvalue weighted by molar-refractivity contribution is 0.173. The summed E-state index contributed by atoms with van der Waals surface area (Å²) in [5.74, 6) is 2.90. The molecule has 0 fully saturated rings. The van der Waals surface area contributed by atoms with Crippen LogP contribution in [0.4, 0.5) is 4.79 Å². The fraction of sp³-hybridized carbons (Fsp3) is 0.353. The molecule has 2 aromatic rings. The van der Waals surface area contributed by atoms with E-state index in [2.05, 4.69) is 10.6 Å². The predicted octanol–water partition coefficient (Wildman–Crippen LogP) is 2.32. The SMILES string of the molecule is C[C@@H](Cc1ccco1)NC(=O)NCCOc1ccc2c(c1)OCO2. The van der Waals surface area contributed by atoms with E-state index < -0.39 is 0 Å². The Labute approximate surface area is 139 Å². The number of fused-ring (bicyclic) bond motifs is 1. The molecule has 7 heteroatoms. The monoisotopic (exact) mass is 332 g/mol. The van der Waals surface area contributed by atoms with E-state index in [-0.39, 0.29) is 18.9 Å². The molecular weight excluding hydrogens is 312 g/mol. The zero-order valence-electron chi connectivity index (χ0n) is 13.4. The van der Waals surface area contributed by atoms with E-state index in [4.69, 9.17) is 18.6 Å². The van der Waals surface area contributed by atoms with Crippen molar-refractivity contribution in [1.29, 1.82) is 0 Å². The number of ether oxygens (including phenoxy) is 3. The summed E-state index contributed by atoms with van der Waals surface area (Å²) >= 11 is 0. The molecule has 0 radical (unpaired) electrons. The molecule has 1 aromatic heterocycles. The molecule has 0 bridgehead atoms. The van der Waals surface area contributed by atoms with Gasteiger partial charge in [0.2, 0.25) is 6.79 Å². The van der Waals surface area contributed by atoms with Crippen LogP contribution in [0.1, 0.15) is 12.7 Å². The fourth-order valence-electron chi connectivity index (χ4n) is 2.36. The van der Waals surface area contributed by atoms with Gasteiger partial charge in [0, 0.05) is 18.5 Å². The summed E-state index contributed by atoms with van der Waals surface area (Å²) in [6.07, 6.45) is 2.27. The van der Waals surface area contributed by atoms with Crippen molar-refractivity contribution in [3.63, 3.8) is 0 Å². The van der Waals surface area contributed by atoms with Crippen molar-refractivity contribution in [3.8, 4) is 17.2 Å². The fourth-order valence-corrected chi connectivity index (χ4v) is 2.36. The highest BCUT2D eigenvalue weighted by Gasteiger charge is 2.13. The summed E-state index contributed by atoms with van der Waals surface area (Å²) < 4.78 is 21.3. The van der Waals surface area contributed by atoms with Gasteiger partial charge in [0.1, 0.15) is 18.1 Å². The van der Waals surface area contributed by atoms with Gasteiger partial charge in [-0.3, -0.25) is 0 Å². The van der Waals surface area contributed by atoms with Crippen LogP contribution >= 0.6 is 0 Å². The number of furan rings is 1. The van der Waals surface area contributed by atoms with Crippen molar-refractivity contribution in [2.24, 2.45) is 0 Å². The Morgan fingerprint density at radius 2 is 2.17 bits per heavy atom. The summed E-state index contributed by atoms with van der Waals surface area (Å²) in [7, 11) is 0. The van der Waals surface area contributed by atoms with Crippen LogP contribution in [0.3, 0.4) is 0 Å². The molecule has 1 atom stereocenters. The average Bonchev–Trinajstić information content (AvgIpc) is 3.22. The number of rotatable bonds is 7. The second-order valence-corrected chi connectivity index (χ2v) is 5.45. The number of hydrogen-bond acceptors (Lipinski definition) is 5. The highest BCUT2D eigenvalue weighted by molar-refractivity contribution is 5.74. The Kier molecular flexibility index (Phi) is 5.10. The summed E-state index contributed by atoms with van der Waals surface area (Å²) in [5, 5.41) is 5.60. The van der Waals surface area contributed by atoms with E-state index in [9.17, 15) is 4.79 Å². The van der Waals surface area contributed by atoms with Crippen LogP contribution < -0.4 is 24.8 Å². The Bertz CT molecular complexity index is 672. The topological polar surface area (TPSA) is 82.0 Å². The first kappa shape index (κ1) is 16.0. The largest absolute Gasteiger partial charge is 0.492 e. The second-order valence-electron chi connectivity index (χ2n) is 5.45. The highest BCUT2D eigenvalue weighted by Crippen LogP contribution is 2.34. The van der Waals surface area contributed by atoms with Crippen molar-refractivity contribution in [2.75, 3.05) is 19.9 Å². The first-order valence-electron chi connectivity index (χ1n) is 7.80. The minimum Gasteiger partial charge on any atom is -0.492 e. The third-order valence-corrected chi connectivity index (χ3v) is 3.47. The maximum absolute atomic E-state index is 11.8. The molecule has 0 saturated heterocycles. The number of carbonyl (C=O) groups is 1. The van der Waals surface area contributed by atoms with Crippen LogP contribution in [0.25, 0.3) is 0 Å². The molecule has 3 rings (SSSR count). The van der Waals surface area contributed by atoms with Crippen molar-refractivity contribution >= 4 is 6.03 Å². The number of urea groups is 1. The summed E-state index contributed by atoms with van der Waals surface area (Å²) in [4.78, 5) is 11.8. The Balaban J connectivity index is 1.33. The normalized spacial score (nSPS) is 13.4. The minimum absolute atomic E-state index is 0.0223. The standard InChI is InChI=1S/C17H20N2O5/c1-12(9-13-3-2-7-21-13)19-17(20)18-6-8-22-14-4-5-15-16(10-14)24-11-23-15/h2-5,7,10,12H,6,8-9,11H2,1H3,(H2,18,19,20)/t12-/m0/s1. The zero-order chi connectivity index (χ0) is 16.8. The van der Waals surface area contributed by atoms with E-state index in [1.807, 2.05) is 19.1 Å². The smallest absolute Gasteiger partial charge is 0.315 e. The molecule has 2 heterocycles. The molecule has 7 nitrogen and oxygen atoms in total. The van der Waals surface area contributed by atoms with Crippen LogP contribution in [0.2, 0.25) is 0 Å². The first-order chi connectivity index (χ1) is 11.7. The van der Waals surface area contributed by atoms with Gasteiger partial charge in [0.05, 0.1) is 12.8 Å². The van der Waals surface area contributed by atoms with Gasteiger partial charge in [-0.15, -0.1) is 0 Å². The van der Waals surface area contributed by atoms with Crippen molar-refractivity contribution in [1.82, 2.24) is 10.6 Å². The van der Waals surface area contributed by atoms with Crippen LogP contribution in [-0.4, -0.2) is 32.0 Å². The first-order valence-corrected chi connectivity index (χ1v) is 7.80. The number of carbonyl (C=O) groups excluding carboxylic acids is 1. The lowest BCUT2D eigenvalue weighted by Gasteiger charge is -2.14. The molecule has 128 valence electrons. The van der Waals surface area contributed by atoms with Gasteiger partial charge in [0.25, 0.3) is 0 Å². The molecule has 0 spiro atoms. The molecule has 1 aliphatic heterocycles. The van der Waals surface area contributed by atoms with Crippen LogP contribution in [0.15, 0.2) is 41.0 Å². The highest BCUT2D eigenvalue weighted by atomic mass is 16.7. The third kappa shape index (κ3) is 4.34. The third-order valence-electron chi connectivity index (χ3n) is 3.47. The molecule has 2 amide bonds. The molecule has 0 aliphatic carbocycles. The number of benzene rings is 1. The van der Waals surface area contributed by atoms with Crippen LogP contribution in [0, 0.1) is 0 Å². The van der Waals surface area contributed by atoms with Gasteiger partial charge >= 0.3 is 6.03 Å². The lowest BCUT2D eigenvalue weighted by atomic mass is 10.2. The Morgan fingerprint density at radius 1 is 1.29 bits per heavy atom. The van der Waals surface area contributed by atoms with Crippen molar-refractivity contribution in [2.45, 2.75) is 19.4 Å². The van der Waals surface area contributed by atoms with Crippen molar-refractivity contribution < 1.29 is 23.4 Å². The molecule has 24 heavy (non-hydrogen) atoms. The molecule has 1 aliphatic rings. The quantitative estimate of drug-likeness (QED) is 0.761. The molecule has 0 saturated carbocycles.